The van der Waals surface area contributed by atoms with E-state index in [1.165, 1.54) is 3.97 Å². The Hall–Kier alpha value is -3.55. The van der Waals surface area contributed by atoms with Gasteiger partial charge in [-0.2, -0.15) is 0 Å². The summed E-state index contributed by atoms with van der Waals surface area (Å²) in [6, 6.07) is 20.5. The number of nitrogen functional groups attached to an aromatic ring is 1. The van der Waals surface area contributed by atoms with Crippen LogP contribution in [0.4, 0.5) is 11.4 Å². The highest BCUT2D eigenvalue weighted by molar-refractivity contribution is 7.90. The Balaban J connectivity index is 0.00000306. The first-order valence-corrected chi connectivity index (χ1v) is 11.5. The number of nitrogens with zero attached hydrogens (tertiary/aromatic N) is 1. The molecule has 3 N–H and O–H groups in total. The van der Waals surface area contributed by atoms with Crippen molar-refractivity contribution in [1.82, 2.24) is 3.97 Å². The molecule has 8 heteroatoms. The van der Waals surface area contributed by atoms with E-state index in [1.807, 2.05) is 6.92 Å². The SMILES string of the molecule is C=CCc1c(C(=O)Nc2ccccc2N)c2ccccc2n1S(=O)(=O)c1ccc(C)cc1.Cl. The predicted octanol–water partition coefficient (Wildman–Crippen LogP) is 5.17. The molecule has 3 aromatic carbocycles. The minimum atomic E-state index is -3.96. The Labute approximate surface area is 199 Å². The van der Waals surface area contributed by atoms with Crippen molar-refractivity contribution in [1.29, 1.82) is 0 Å². The van der Waals surface area contributed by atoms with E-state index in [0.29, 0.717) is 28.0 Å². The van der Waals surface area contributed by atoms with Crippen LogP contribution in [0.25, 0.3) is 10.9 Å². The number of allylic oxidation sites excluding steroid dienone is 1. The Morgan fingerprint density at radius 2 is 1.67 bits per heavy atom. The van der Waals surface area contributed by atoms with E-state index in [-0.39, 0.29) is 29.3 Å². The molecule has 0 aliphatic rings. The number of aromatic nitrogens is 1. The van der Waals surface area contributed by atoms with E-state index in [0.717, 1.165) is 5.56 Å². The second-order valence-electron chi connectivity index (χ2n) is 7.46. The van der Waals surface area contributed by atoms with Crippen molar-refractivity contribution in [2.45, 2.75) is 18.2 Å². The van der Waals surface area contributed by atoms with Gasteiger partial charge in [-0.05, 0) is 37.3 Å². The van der Waals surface area contributed by atoms with E-state index in [2.05, 4.69) is 11.9 Å². The van der Waals surface area contributed by atoms with Crippen LogP contribution >= 0.6 is 12.4 Å². The van der Waals surface area contributed by atoms with Crippen molar-refractivity contribution in [2.24, 2.45) is 0 Å². The molecule has 1 aromatic heterocycles. The molecule has 0 aliphatic carbocycles. The molecule has 1 amide bonds. The predicted molar refractivity (Wildman–Crippen MR) is 136 cm³/mol. The van der Waals surface area contributed by atoms with Gasteiger partial charge in [0.25, 0.3) is 15.9 Å². The summed E-state index contributed by atoms with van der Waals surface area (Å²) in [5.74, 6) is -0.436. The number of anilines is 2. The molecule has 4 rings (SSSR count). The fourth-order valence-electron chi connectivity index (χ4n) is 3.73. The van der Waals surface area contributed by atoms with Gasteiger partial charge in [-0.1, -0.05) is 54.1 Å². The van der Waals surface area contributed by atoms with Crippen LogP contribution in [0.2, 0.25) is 0 Å². The third-order valence-corrected chi connectivity index (χ3v) is 7.02. The maximum absolute atomic E-state index is 13.7. The molecule has 0 saturated heterocycles. The van der Waals surface area contributed by atoms with Crippen molar-refractivity contribution >= 4 is 50.6 Å². The van der Waals surface area contributed by atoms with Gasteiger partial charge in [-0.15, -0.1) is 19.0 Å². The monoisotopic (exact) mass is 481 g/mol. The number of hydrogen-bond donors (Lipinski definition) is 2. The summed E-state index contributed by atoms with van der Waals surface area (Å²) in [4.78, 5) is 13.5. The third kappa shape index (κ3) is 4.37. The van der Waals surface area contributed by atoms with E-state index in [4.69, 9.17) is 5.73 Å². The zero-order valence-corrected chi connectivity index (χ0v) is 19.6. The lowest BCUT2D eigenvalue weighted by Gasteiger charge is -2.13. The van der Waals surface area contributed by atoms with E-state index < -0.39 is 15.9 Å². The lowest BCUT2D eigenvalue weighted by Crippen LogP contribution is -2.19. The van der Waals surface area contributed by atoms with Crippen molar-refractivity contribution in [3.8, 4) is 0 Å². The number of rotatable bonds is 6. The molecule has 1 heterocycles. The molecule has 0 fully saturated rings. The first-order chi connectivity index (χ1) is 15.3. The molecule has 4 aromatic rings. The second kappa shape index (κ2) is 9.52. The van der Waals surface area contributed by atoms with Gasteiger partial charge in [0, 0.05) is 11.8 Å². The first-order valence-electron chi connectivity index (χ1n) is 10.1. The molecule has 0 unspecified atom stereocenters. The highest BCUT2D eigenvalue weighted by Crippen LogP contribution is 2.32. The second-order valence-corrected chi connectivity index (χ2v) is 9.24. The zero-order chi connectivity index (χ0) is 22.9. The number of fused-ring (bicyclic) bond motifs is 1. The minimum Gasteiger partial charge on any atom is -0.397 e. The third-order valence-electron chi connectivity index (χ3n) is 5.26. The molecule has 6 nitrogen and oxygen atoms in total. The van der Waals surface area contributed by atoms with Crippen molar-refractivity contribution in [3.05, 3.63) is 102 Å². The summed E-state index contributed by atoms with van der Waals surface area (Å²) in [5.41, 5.74) is 8.86. The number of carbonyl (C=O) groups excluding carboxylic acids is 1. The van der Waals surface area contributed by atoms with Crippen molar-refractivity contribution < 1.29 is 13.2 Å². The maximum atomic E-state index is 13.7. The normalized spacial score (nSPS) is 11.1. The summed E-state index contributed by atoms with van der Waals surface area (Å²) >= 11 is 0. The van der Waals surface area contributed by atoms with Gasteiger partial charge in [0.1, 0.15) is 0 Å². The Morgan fingerprint density at radius 3 is 2.33 bits per heavy atom. The lowest BCUT2D eigenvalue weighted by atomic mass is 10.1. The molecular weight excluding hydrogens is 458 g/mol. The number of para-hydroxylation sites is 3. The molecule has 33 heavy (non-hydrogen) atoms. The minimum absolute atomic E-state index is 0. The fourth-order valence-corrected chi connectivity index (χ4v) is 5.29. The zero-order valence-electron chi connectivity index (χ0n) is 18.0. The molecular formula is C25H24ClN3O3S. The summed E-state index contributed by atoms with van der Waals surface area (Å²) in [7, 11) is -3.96. The average Bonchev–Trinajstić information content (AvgIpc) is 3.10. The smallest absolute Gasteiger partial charge is 0.268 e. The van der Waals surface area contributed by atoms with Crippen LogP contribution in [0.1, 0.15) is 21.6 Å². The summed E-state index contributed by atoms with van der Waals surface area (Å²) < 4.78 is 28.6. The lowest BCUT2D eigenvalue weighted by molar-refractivity contribution is 0.102. The number of halogens is 1. The van der Waals surface area contributed by atoms with Crippen LogP contribution in [0.15, 0.2) is 90.3 Å². The molecule has 0 radical (unpaired) electrons. The topological polar surface area (TPSA) is 94.2 Å². The number of nitrogens with one attached hydrogen (secondary N) is 1. The van der Waals surface area contributed by atoms with Crippen LogP contribution in [-0.2, 0) is 16.4 Å². The van der Waals surface area contributed by atoms with Gasteiger partial charge in [-0.3, -0.25) is 4.79 Å². The highest BCUT2D eigenvalue weighted by atomic mass is 35.5. The average molecular weight is 482 g/mol. The van der Waals surface area contributed by atoms with Crippen LogP contribution in [-0.4, -0.2) is 18.3 Å². The van der Waals surface area contributed by atoms with Crippen LogP contribution in [0, 0.1) is 6.92 Å². The van der Waals surface area contributed by atoms with E-state index in [1.54, 1.807) is 78.9 Å². The molecule has 0 aliphatic heterocycles. The molecule has 170 valence electrons. The molecule has 0 spiro atoms. The van der Waals surface area contributed by atoms with Crippen LogP contribution in [0.5, 0.6) is 0 Å². The molecule has 0 atom stereocenters. The quantitative estimate of drug-likeness (QED) is 0.293. The van der Waals surface area contributed by atoms with E-state index in [9.17, 15) is 13.2 Å². The summed E-state index contributed by atoms with van der Waals surface area (Å²) in [6.45, 7) is 5.66. The maximum Gasteiger partial charge on any atom is 0.268 e. The van der Waals surface area contributed by atoms with Crippen molar-refractivity contribution in [3.63, 3.8) is 0 Å². The van der Waals surface area contributed by atoms with Gasteiger partial charge in [0.05, 0.1) is 33.0 Å². The first kappa shape index (κ1) is 24.1. The van der Waals surface area contributed by atoms with Gasteiger partial charge >= 0.3 is 0 Å². The summed E-state index contributed by atoms with van der Waals surface area (Å²) in [5, 5.41) is 3.36. The van der Waals surface area contributed by atoms with Gasteiger partial charge in [0.15, 0.2) is 0 Å². The number of carbonyl (C=O) groups is 1. The van der Waals surface area contributed by atoms with Gasteiger partial charge < -0.3 is 11.1 Å². The highest BCUT2D eigenvalue weighted by Gasteiger charge is 2.29. The Kier molecular flexibility index (Phi) is 6.95. The van der Waals surface area contributed by atoms with Gasteiger partial charge in [-0.25, -0.2) is 12.4 Å². The standard InChI is InChI=1S/C25H23N3O3S.ClH/c1-3-8-23-24(25(29)27-21-11-6-5-10-20(21)26)19-9-4-7-12-22(19)28(23)32(30,31)18-15-13-17(2)14-16-18;/h3-7,9-16H,1,8,26H2,2H3,(H,27,29);1H. The van der Waals surface area contributed by atoms with Crippen LogP contribution < -0.4 is 11.1 Å². The number of hydrogen-bond acceptors (Lipinski definition) is 4. The number of amides is 1. The fraction of sp³-hybridized carbons (Fsp3) is 0.0800. The Bertz CT molecular complexity index is 1440. The van der Waals surface area contributed by atoms with Crippen LogP contribution in [0.3, 0.4) is 0 Å². The number of aryl methyl sites for hydroxylation is 1. The summed E-state index contributed by atoms with van der Waals surface area (Å²) in [6.07, 6.45) is 1.77. The van der Waals surface area contributed by atoms with Gasteiger partial charge in [0.2, 0.25) is 0 Å². The largest absolute Gasteiger partial charge is 0.397 e. The molecule has 0 bridgehead atoms. The Morgan fingerprint density at radius 1 is 1.03 bits per heavy atom. The number of benzene rings is 3. The molecule has 0 saturated carbocycles. The van der Waals surface area contributed by atoms with Crippen molar-refractivity contribution in [2.75, 3.05) is 11.1 Å². The number of nitrogens with two attached hydrogens (primary N) is 1. The van der Waals surface area contributed by atoms with E-state index >= 15 is 0 Å².